The van der Waals surface area contributed by atoms with E-state index >= 15 is 0 Å². The Kier molecular flexibility index (Phi) is 8.84. The Morgan fingerprint density at radius 1 is 1.05 bits per heavy atom. The maximum absolute atomic E-state index is 12.1. The topological polar surface area (TPSA) is 99.4 Å². The van der Waals surface area contributed by atoms with E-state index in [4.69, 9.17) is 10.7 Å². The number of nitrogens with zero attached hydrogens (tertiary/aromatic N) is 4. The second kappa shape index (κ2) is 12.5. The Hall–Kier alpha value is -2.36. The average molecular weight is 524 g/mol. The van der Waals surface area contributed by atoms with Crippen molar-refractivity contribution in [3.05, 3.63) is 41.7 Å². The number of hydrogen-bond acceptors (Lipinski definition) is 8. The van der Waals surface area contributed by atoms with Gasteiger partial charge in [0.25, 0.3) is 5.91 Å². The highest BCUT2D eigenvalue weighted by atomic mass is 32.2. The molecule has 0 spiro atoms. The SMILES string of the molecule is CCSN[C@@H]1CCCN(c2cnc(C(N)=O)c(Nc3ccc(C4CCN(C5CCCC5)CC4)cc3)n2)C1. The van der Waals surface area contributed by atoms with E-state index in [2.05, 4.69) is 56.0 Å². The van der Waals surface area contributed by atoms with Crippen LogP contribution in [0.25, 0.3) is 0 Å². The molecule has 1 aliphatic carbocycles. The van der Waals surface area contributed by atoms with Gasteiger partial charge in [0.1, 0.15) is 5.82 Å². The summed E-state index contributed by atoms with van der Waals surface area (Å²) in [4.78, 5) is 26.3. The number of piperidine rings is 2. The maximum atomic E-state index is 12.1. The molecule has 1 atom stereocenters. The Morgan fingerprint density at radius 3 is 2.51 bits per heavy atom. The zero-order valence-electron chi connectivity index (χ0n) is 22.0. The van der Waals surface area contributed by atoms with Gasteiger partial charge in [0.2, 0.25) is 0 Å². The number of aromatic nitrogens is 2. The van der Waals surface area contributed by atoms with Crippen LogP contribution in [0.5, 0.6) is 0 Å². The van der Waals surface area contributed by atoms with Crippen LogP contribution in [0.4, 0.5) is 17.3 Å². The van der Waals surface area contributed by atoms with Gasteiger partial charge < -0.3 is 20.9 Å². The first kappa shape index (κ1) is 26.3. The van der Waals surface area contributed by atoms with Gasteiger partial charge >= 0.3 is 0 Å². The molecule has 2 aromatic rings. The largest absolute Gasteiger partial charge is 0.364 e. The molecule has 2 saturated heterocycles. The van der Waals surface area contributed by atoms with Crippen LogP contribution in [0.3, 0.4) is 0 Å². The Bertz CT molecular complexity index is 1040. The second-order valence-corrected chi connectivity index (χ2v) is 11.7. The van der Waals surface area contributed by atoms with Crippen molar-refractivity contribution in [3.8, 4) is 0 Å². The first-order valence-corrected chi connectivity index (χ1v) is 15.0. The molecular weight excluding hydrogens is 482 g/mol. The van der Waals surface area contributed by atoms with E-state index in [-0.39, 0.29) is 5.69 Å². The fourth-order valence-corrected chi connectivity index (χ4v) is 6.72. The number of amides is 1. The molecule has 0 bridgehead atoms. The van der Waals surface area contributed by atoms with Crippen molar-refractivity contribution in [2.45, 2.75) is 76.3 Å². The van der Waals surface area contributed by atoms with Gasteiger partial charge in [-0.2, -0.15) is 0 Å². The summed E-state index contributed by atoms with van der Waals surface area (Å²) in [6.45, 7) is 6.36. The highest BCUT2D eigenvalue weighted by molar-refractivity contribution is 7.97. The number of rotatable bonds is 9. The van der Waals surface area contributed by atoms with E-state index < -0.39 is 5.91 Å². The smallest absolute Gasteiger partial charge is 0.271 e. The fourth-order valence-electron chi connectivity index (χ4n) is 6.12. The minimum absolute atomic E-state index is 0.167. The molecule has 3 aliphatic rings. The van der Waals surface area contributed by atoms with Crippen molar-refractivity contribution < 1.29 is 4.79 Å². The third-order valence-electron chi connectivity index (χ3n) is 8.15. The Balaban J connectivity index is 1.24. The van der Waals surface area contributed by atoms with E-state index in [0.717, 1.165) is 49.2 Å². The molecular formula is C28H41N7OS. The minimum atomic E-state index is -0.579. The number of primary amides is 1. The van der Waals surface area contributed by atoms with E-state index in [0.29, 0.717) is 17.8 Å². The highest BCUT2D eigenvalue weighted by Gasteiger charge is 2.28. The molecule has 2 aliphatic heterocycles. The molecule has 37 heavy (non-hydrogen) atoms. The molecule has 5 rings (SSSR count). The molecule has 3 heterocycles. The quantitative estimate of drug-likeness (QED) is 0.408. The molecule has 1 aromatic carbocycles. The van der Waals surface area contributed by atoms with Gasteiger partial charge in [-0.05, 0) is 75.2 Å². The van der Waals surface area contributed by atoms with Crippen molar-refractivity contribution in [3.63, 3.8) is 0 Å². The van der Waals surface area contributed by atoms with Gasteiger partial charge in [-0.3, -0.25) is 9.52 Å². The molecule has 8 nitrogen and oxygen atoms in total. The van der Waals surface area contributed by atoms with Gasteiger partial charge in [0, 0.05) is 36.6 Å². The Labute approximate surface area is 225 Å². The van der Waals surface area contributed by atoms with Crippen LogP contribution in [-0.4, -0.2) is 64.8 Å². The standard InChI is InChI=1S/C28H41N7OS/c1-2-37-33-23-6-5-15-35(19-23)25-18-30-26(27(29)36)28(32-25)31-22-11-9-20(10-12-22)21-13-16-34(17-14-21)24-7-3-4-8-24/h9-12,18,21,23-24,33H,2-8,13-17,19H2,1H3,(H2,29,36)(H,31,32)/t23-/m1/s1. The van der Waals surface area contributed by atoms with Crippen molar-refractivity contribution >= 4 is 35.2 Å². The van der Waals surface area contributed by atoms with Gasteiger partial charge in [0.15, 0.2) is 11.5 Å². The average Bonchev–Trinajstić information content (AvgIpc) is 3.48. The zero-order valence-corrected chi connectivity index (χ0v) is 22.8. The molecule has 9 heteroatoms. The lowest BCUT2D eigenvalue weighted by Crippen LogP contribution is -2.44. The van der Waals surface area contributed by atoms with Crippen LogP contribution in [0.1, 0.15) is 80.3 Å². The number of likely N-dealkylation sites (tertiary alicyclic amines) is 1. The number of anilines is 3. The summed E-state index contributed by atoms with van der Waals surface area (Å²) < 4.78 is 3.54. The molecule has 1 amide bonds. The summed E-state index contributed by atoms with van der Waals surface area (Å²) in [6, 6.07) is 9.83. The third-order valence-corrected chi connectivity index (χ3v) is 8.94. The Morgan fingerprint density at radius 2 is 1.81 bits per heavy atom. The summed E-state index contributed by atoms with van der Waals surface area (Å²) in [5, 5.41) is 3.32. The fraction of sp³-hybridized carbons (Fsp3) is 0.607. The first-order valence-electron chi connectivity index (χ1n) is 14.0. The molecule has 1 saturated carbocycles. The minimum Gasteiger partial charge on any atom is -0.364 e. The number of nitrogens with two attached hydrogens (primary N) is 1. The predicted octanol–water partition coefficient (Wildman–Crippen LogP) is 4.67. The normalized spacial score (nSPS) is 21.9. The van der Waals surface area contributed by atoms with Crippen LogP contribution in [0.2, 0.25) is 0 Å². The van der Waals surface area contributed by atoms with E-state index in [9.17, 15) is 4.79 Å². The molecule has 4 N–H and O–H groups in total. The number of carbonyl (C=O) groups excluding carboxylic acids is 1. The lowest BCUT2D eigenvalue weighted by atomic mass is 9.88. The summed E-state index contributed by atoms with van der Waals surface area (Å²) in [5.74, 6) is 2.26. The number of nitrogens with one attached hydrogen (secondary N) is 2. The number of carbonyl (C=O) groups is 1. The zero-order chi connectivity index (χ0) is 25.6. The van der Waals surface area contributed by atoms with Gasteiger partial charge in [-0.25, -0.2) is 9.97 Å². The summed E-state index contributed by atoms with van der Waals surface area (Å²) in [5.41, 5.74) is 8.09. The van der Waals surface area contributed by atoms with Crippen molar-refractivity contribution in [2.75, 3.05) is 42.1 Å². The van der Waals surface area contributed by atoms with E-state index in [1.165, 1.54) is 57.2 Å². The third kappa shape index (κ3) is 6.56. The van der Waals surface area contributed by atoms with E-state index in [1.807, 2.05) is 0 Å². The number of hydrogen-bond donors (Lipinski definition) is 3. The van der Waals surface area contributed by atoms with Crippen LogP contribution in [-0.2, 0) is 0 Å². The van der Waals surface area contributed by atoms with Crippen LogP contribution in [0.15, 0.2) is 30.5 Å². The molecule has 0 radical (unpaired) electrons. The van der Waals surface area contributed by atoms with Crippen LogP contribution >= 0.6 is 11.9 Å². The lowest BCUT2D eigenvalue weighted by molar-refractivity contribution is 0.0996. The van der Waals surface area contributed by atoms with Gasteiger partial charge in [0.05, 0.1) is 6.20 Å². The molecule has 200 valence electrons. The monoisotopic (exact) mass is 523 g/mol. The molecule has 3 fully saturated rings. The van der Waals surface area contributed by atoms with Crippen LogP contribution in [0, 0.1) is 0 Å². The molecule has 1 aromatic heterocycles. The highest BCUT2D eigenvalue weighted by Crippen LogP contribution is 2.33. The number of benzene rings is 1. The van der Waals surface area contributed by atoms with Crippen LogP contribution < -0.4 is 20.7 Å². The summed E-state index contributed by atoms with van der Waals surface area (Å²) in [6.07, 6.45) is 11.9. The van der Waals surface area contributed by atoms with E-state index in [1.54, 1.807) is 18.1 Å². The van der Waals surface area contributed by atoms with Crippen molar-refractivity contribution in [1.82, 2.24) is 19.6 Å². The second-order valence-electron chi connectivity index (χ2n) is 10.6. The van der Waals surface area contributed by atoms with Gasteiger partial charge in [-0.15, -0.1) is 0 Å². The molecule has 0 unspecified atom stereocenters. The lowest BCUT2D eigenvalue weighted by Gasteiger charge is -2.36. The first-order chi connectivity index (χ1) is 18.1. The van der Waals surface area contributed by atoms with Crippen molar-refractivity contribution in [2.24, 2.45) is 5.73 Å². The summed E-state index contributed by atoms with van der Waals surface area (Å²) in [7, 11) is 0. The van der Waals surface area contributed by atoms with Crippen molar-refractivity contribution in [1.29, 1.82) is 0 Å². The predicted molar refractivity (Wildman–Crippen MR) is 153 cm³/mol. The maximum Gasteiger partial charge on any atom is 0.271 e. The van der Waals surface area contributed by atoms with Gasteiger partial charge in [-0.1, -0.05) is 43.8 Å². The summed E-state index contributed by atoms with van der Waals surface area (Å²) >= 11 is 1.75.